The molecule has 0 heterocycles. The Balaban J connectivity index is 2.50. The first kappa shape index (κ1) is 12.7. The van der Waals surface area contributed by atoms with Gasteiger partial charge in [0.1, 0.15) is 9.84 Å². The van der Waals surface area contributed by atoms with Gasteiger partial charge in [-0.05, 0) is 25.7 Å². The van der Waals surface area contributed by atoms with Crippen LogP contribution in [0, 0.1) is 0 Å². The van der Waals surface area contributed by atoms with E-state index in [1.807, 2.05) is 6.08 Å². The molecule has 0 fully saturated rings. The van der Waals surface area contributed by atoms with E-state index < -0.39 is 9.84 Å². The van der Waals surface area contributed by atoms with Crippen molar-refractivity contribution >= 4 is 9.84 Å². The van der Waals surface area contributed by atoms with Gasteiger partial charge in [0.05, 0.1) is 11.9 Å². The third-order valence-corrected chi connectivity index (χ3v) is 4.56. The lowest BCUT2D eigenvalue weighted by molar-refractivity contribution is 0.211. The Morgan fingerprint density at radius 1 is 1.47 bits per heavy atom. The topological polar surface area (TPSA) is 54.4 Å². The Bertz CT molecular complexity index is 317. The Labute approximate surface area is 92.1 Å². The lowest BCUT2D eigenvalue weighted by Crippen LogP contribution is -2.10. The van der Waals surface area contributed by atoms with Crippen LogP contribution >= 0.6 is 0 Å². The SMILES string of the molecule is CCS(=O)(=O)CCC1=CC(O)CCCC1. The molecule has 4 heteroatoms. The van der Waals surface area contributed by atoms with Crippen LogP contribution in [-0.2, 0) is 9.84 Å². The molecule has 15 heavy (non-hydrogen) atoms. The number of rotatable bonds is 4. The van der Waals surface area contributed by atoms with Gasteiger partial charge < -0.3 is 5.11 Å². The molecule has 0 radical (unpaired) electrons. The largest absolute Gasteiger partial charge is 0.389 e. The number of aliphatic hydroxyl groups excluding tert-OH is 1. The van der Waals surface area contributed by atoms with Gasteiger partial charge in [0, 0.05) is 5.75 Å². The van der Waals surface area contributed by atoms with Crippen LogP contribution in [0.3, 0.4) is 0 Å². The lowest BCUT2D eigenvalue weighted by atomic mass is 10.1. The molecule has 0 amide bonds. The van der Waals surface area contributed by atoms with E-state index in [1.54, 1.807) is 6.92 Å². The zero-order valence-electron chi connectivity index (χ0n) is 9.28. The molecule has 88 valence electrons. The van der Waals surface area contributed by atoms with E-state index >= 15 is 0 Å². The monoisotopic (exact) mass is 232 g/mol. The smallest absolute Gasteiger partial charge is 0.150 e. The molecule has 0 bridgehead atoms. The second-order valence-corrected chi connectivity index (χ2v) is 6.60. The fourth-order valence-corrected chi connectivity index (χ4v) is 2.65. The molecule has 1 atom stereocenters. The summed E-state index contributed by atoms with van der Waals surface area (Å²) < 4.78 is 22.6. The molecule has 1 aliphatic carbocycles. The Morgan fingerprint density at radius 3 is 2.87 bits per heavy atom. The van der Waals surface area contributed by atoms with Crippen molar-refractivity contribution in [3.8, 4) is 0 Å². The quantitative estimate of drug-likeness (QED) is 0.750. The first-order valence-electron chi connectivity index (χ1n) is 5.61. The highest BCUT2D eigenvalue weighted by atomic mass is 32.2. The Morgan fingerprint density at radius 2 is 2.20 bits per heavy atom. The number of allylic oxidation sites excluding steroid dienone is 1. The second kappa shape index (κ2) is 5.66. The summed E-state index contributed by atoms with van der Waals surface area (Å²) in [5.41, 5.74) is 1.11. The van der Waals surface area contributed by atoms with Gasteiger partial charge in [-0.15, -0.1) is 0 Å². The van der Waals surface area contributed by atoms with Crippen molar-refractivity contribution in [2.75, 3.05) is 11.5 Å². The van der Waals surface area contributed by atoms with E-state index in [1.165, 1.54) is 0 Å². The van der Waals surface area contributed by atoms with Gasteiger partial charge in [-0.25, -0.2) is 8.42 Å². The summed E-state index contributed by atoms with van der Waals surface area (Å²) in [6.45, 7) is 1.67. The molecule has 3 nitrogen and oxygen atoms in total. The average Bonchev–Trinajstić information content (AvgIpc) is 2.40. The van der Waals surface area contributed by atoms with E-state index in [9.17, 15) is 13.5 Å². The predicted octanol–water partition coefficient (Wildman–Crippen LogP) is 1.67. The highest BCUT2D eigenvalue weighted by molar-refractivity contribution is 7.91. The highest BCUT2D eigenvalue weighted by Crippen LogP contribution is 2.20. The normalized spacial score (nSPS) is 23.3. The summed E-state index contributed by atoms with van der Waals surface area (Å²) in [6, 6.07) is 0. The zero-order chi connectivity index (χ0) is 11.3. The van der Waals surface area contributed by atoms with Gasteiger partial charge >= 0.3 is 0 Å². The van der Waals surface area contributed by atoms with E-state index in [0.717, 1.165) is 31.3 Å². The molecule has 1 unspecified atom stereocenters. The fourth-order valence-electron chi connectivity index (χ4n) is 1.78. The van der Waals surface area contributed by atoms with Crippen molar-refractivity contribution < 1.29 is 13.5 Å². The second-order valence-electron chi connectivity index (χ2n) is 4.12. The third-order valence-electron chi connectivity index (χ3n) is 2.85. The van der Waals surface area contributed by atoms with E-state index in [4.69, 9.17) is 0 Å². The summed E-state index contributed by atoms with van der Waals surface area (Å²) in [4.78, 5) is 0. The van der Waals surface area contributed by atoms with Crippen molar-refractivity contribution in [3.05, 3.63) is 11.6 Å². The summed E-state index contributed by atoms with van der Waals surface area (Å²) in [7, 11) is -2.87. The summed E-state index contributed by atoms with van der Waals surface area (Å²) in [5.74, 6) is 0.435. The molecule has 0 aliphatic heterocycles. The van der Waals surface area contributed by atoms with E-state index in [0.29, 0.717) is 6.42 Å². The van der Waals surface area contributed by atoms with Crippen molar-refractivity contribution in [2.45, 2.75) is 45.1 Å². The molecule has 1 N–H and O–H groups in total. The van der Waals surface area contributed by atoms with Crippen LogP contribution in [0.15, 0.2) is 11.6 Å². The van der Waals surface area contributed by atoms with Crippen LogP contribution in [0.5, 0.6) is 0 Å². The minimum Gasteiger partial charge on any atom is -0.389 e. The fraction of sp³-hybridized carbons (Fsp3) is 0.818. The molecule has 0 aromatic rings. The van der Waals surface area contributed by atoms with Gasteiger partial charge in [-0.3, -0.25) is 0 Å². The Hall–Kier alpha value is -0.350. The molecule has 0 aromatic heterocycles. The summed E-state index contributed by atoms with van der Waals surface area (Å²) in [6.07, 6.45) is 5.91. The molecule has 1 rings (SSSR count). The van der Waals surface area contributed by atoms with E-state index in [2.05, 4.69) is 0 Å². The standard InChI is InChI=1S/C11H20O3S/c1-2-15(13,14)8-7-10-5-3-4-6-11(12)9-10/h9,11-12H,2-8H2,1H3. The lowest BCUT2D eigenvalue weighted by Gasteiger charge is -2.06. The summed E-state index contributed by atoms with van der Waals surface area (Å²) in [5, 5.41) is 9.52. The first-order chi connectivity index (χ1) is 7.03. The number of aliphatic hydroxyl groups is 1. The van der Waals surface area contributed by atoms with Crippen LogP contribution in [-0.4, -0.2) is 31.1 Å². The van der Waals surface area contributed by atoms with Crippen LogP contribution in [0.4, 0.5) is 0 Å². The third kappa shape index (κ3) is 4.80. The minimum absolute atomic E-state index is 0.211. The number of hydrogen-bond donors (Lipinski definition) is 1. The first-order valence-corrected chi connectivity index (χ1v) is 7.43. The van der Waals surface area contributed by atoms with Crippen LogP contribution in [0.2, 0.25) is 0 Å². The van der Waals surface area contributed by atoms with Crippen LogP contribution < -0.4 is 0 Å². The predicted molar refractivity (Wildman–Crippen MR) is 61.5 cm³/mol. The maximum Gasteiger partial charge on any atom is 0.150 e. The minimum atomic E-state index is -2.87. The van der Waals surface area contributed by atoms with Crippen molar-refractivity contribution in [1.82, 2.24) is 0 Å². The highest BCUT2D eigenvalue weighted by Gasteiger charge is 2.12. The molecule has 0 saturated carbocycles. The van der Waals surface area contributed by atoms with Crippen LogP contribution in [0.25, 0.3) is 0 Å². The molecular formula is C11H20O3S. The van der Waals surface area contributed by atoms with Gasteiger partial charge in [0.15, 0.2) is 0 Å². The van der Waals surface area contributed by atoms with Gasteiger partial charge in [-0.2, -0.15) is 0 Å². The van der Waals surface area contributed by atoms with Crippen molar-refractivity contribution in [1.29, 1.82) is 0 Å². The maximum absolute atomic E-state index is 11.3. The summed E-state index contributed by atoms with van der Waals surface area (Å²) >= 11 is 0. The molecular weight excluding hydrogens is 212 g/mol. The van der Waals surface area contributed by atoms with Gasteiger partial charge in [0.2, 0.25) is 0 Å². The Kier molecular flexibility index (Phi) is 4.80. The van der Waals surface area contributed by atoms with Gasteiger partial charge in [-0.1, -0.05) is 25.0 Å². The molecule has 1 aliphatic rings. The molecule has 0 spiro atoms. The molecule has 0 aromatic carbocycles. The number of sulfone groups is 1. The van der Waals surface area contributed by atoms with E-state index in [-0.39, 0.29) is 17.6 Å². The van der Waals surface area contributed by atoms with Crippen molar-refractivity contribution in [3.63, 3.8) is 0 Å². The maximum atomic E-state index is 11.3. The average molecular weight is 232 g/mol. The van der Waals surface area contributed by atoms with Crippen LogP contribution in [0.1, 0.15) is 39.0 Å². The number of hydrogen-bond acceptors (Lipinski definition) is 3. The molecule has 0 saturated heterocycles. The zero-order valence-corrected chi connectivity index (χ0v) is 10.1. The van der Waals surface area contributed by atoms with Gasteiger partial charge in [0.25, 0.3) is 0 Å². The van der Waals surface area contributed by atoms with Crippen molar-refractivity contribution in [2.24, 2.45) is 0 Å².